The van der Waals surface area contributed by atoms with Gasteiger partial charge in [-0.05, 0) is 55.0 Å². The van der Waals surface area contributed by atoms with Crippen molar-refractivity contribution in [2.24, 2.45) is 0 Å². The lowest BCUT2D eigenvalue weighted by Gasteiger charge is -2.22. The van der Waals surface area contributed by atoms with Crippen LogP contribution >= 0.6 is 11.3 Å². The molecule has 2 aromatic carbocycles. The van der Waals surface area contributed by atoms with E-state index in [0.29, 0.717) is 23.5 Å². The first kappa shape index (κ1) is 17.9. The van der Waals surface area contributed by atoms with Gasteiger partial charge in [-0.15, -0.1) is 11.3 Å². The normalized spacial score (nSPS) is 16.2. The molecular formula is C24H20N2O2S. The summed E-state index contributed by atoms with van der Waals surface area (Å²) in [5.74, 6) is -0.495. The maximum atomic E-state index is 13.7. The highest BCUT2D eigenvalue weighted by atomic mass is 32.1. The van der Waals surface area contributed by atoms with Crippen LogP contribution in [0.25, 0.3) is 5.57 Å². The molecule has 2 aliphatic heterocycles. The van der Waals surface area contributed by atoms with E-state index in [0.717, 1.165) is 28.1 Å². The monoisotopic (exact) mass is 400 g/mol. The van der Waals surface area contributed by atoms with Crippen molar-refractivity contribution in [2.75, 3.05) is 16.3 Å². The number of fused-ring (bicyclic) bond motifs is 1. The van der Waals surface area contributed by atoms with Crippen LogP contribution < -0.4 is 9.80 Å². The second-order valence-corrected chi connectivity index (χ2v) is 8.41. The van der Waals surface area contributed by atoms with Gasteiger partial charge in [0, 0.05) is 17.1 Å². The third kappa shape index (κ3) is 2.73. The number of nitrogens with zero attached hydrogens (tertiary/aromatic N) is 2. The van der Waals surface area contributed by atoms with Crippen LogP contribution in [0.1, 0.15) is 21.6 Å². The first-order chi connectivity index (χ1) is 14.1. The van der Waals surface area contributed by atoms with Crippen LogP contribution in [-0.2, 0) is 16.0 Å². The maximum Gasteiger partial charge on any atom is 0.282 e. The van der Waals surface area contributed by atoms with Gasteiger partial charge in [0.25, 0.3) is 11.8 Å². The number of hydrogen-bond acceptors (Lipinski definition) is 4. The Balaban J connectivity index is 1.68. The number of imide groups is 1. The van der Waals surface area contributed by atoms with Gasteiger partial charge in [0.15, 0.2) is 0 Å². The summed E-state index contributed by atoms with van der Waals surface area (Å²) in [5.41, 5.74) is 5.88. The predicted octanol–water partition coefficient (Wildman–Crippen LogP) is 4.71. The van der Waals surface area contributed by atoms with Crippen LogP contribution in [-0.4, -0.2) is 18.4 Å². The molecule has 0 saturated carbocycles. The van der Waals surface area contributed by atoms with Crippen molar-refractivity contribution < 1.29 is 9.59 Å². The Morgan fingerprint density at radius 3 is 2.48 bits per heavy atom. The molecule has 2 aliphatic rings. The summed E-state index contributed by atoms with van der Waals surface area (Å²) < 4.78 is 0. The molecule has 0 unspecified atom stereocenters. The number of carbonyl (C=O) groups excluding carboxylic acids is 2. The second-order valence-electron chi connectivity index (χ2n) is 7.47. The van der Waals surface area contributed by atoms with Crippen molar-refractivity contribution in [3.8, 4) is 0 Å². The molecule has 0 radical (unpaired) electrons. The Kier molecular flexibility index (Phi) is 4.14. The molecule has 0 saturated heterocycles. The average molecular weight is 401 g/mol. The van der Waals surface area contributed by atoms with Gasteiger partial charge in [-0.1, -0.05) is 42.0 Å². The number of amides is 2. The molecule has 2 amide bonds. The quantitative estimate of drug-likeness (QED) is 0.598. The van der Waals surface area contributed by atoms with E-state index in [1.165, 1.54) is 21.8 Å². The van der Waals surface area contributed by atoms with E-state index in [9.17, 15) is 9.59 Å². The van der Waals surface area contributed by atoms with Gasteiger partial charge in [-0.3, -0.25) is 9.59 Å². The van der Waals surface area contributed by atoms with Gasteiger partial charge in [0.05, 0.1) is 11.3 Å². The maximum absolute atomic E-state index is 13.7. The van der Waals surface area contributed by atoms with Crippen molar-refractivity contribution in [1.82, 2.24) is 0 Å². The number of para-hydroxylation sites is 1. The van der Waals surface area contributed by atoms with Gasteiger partial charge in [0.1, 0.15) is 5.70 Å². The van der Waals surface area contributed by atoms with Gasteiger partial charge >= 0.3 is 0 Å². The van der Waals surface area contributed by atoms with Gasteiger partial charge < -0.3 is 4.90 Å². The predicted molar refractivity (Wildman–Crippen MR) is 117 cm³/mol. The molecule has 1 aromatic heterocycles. The summed E-state index contributed by atoms with van der Waals surface area (Å²) in [6, 6.07) is 17.8. The van der Waals surface area contributed by atoms with E-state index >= 15 is 0 Å². The number of hydrogen-bond donors (Lipinski definition) is 0. The third-order valence-electron chi connectivity index (χ3n) is 5.58. The Labute approximate surface area is 173 Å². The van der Waals surface area contributed by atoms with E-state index in [4.69, 9.17) is 0 Å². The Hall–Kier alpha value is -3.18. The number of anilines is 2. The summed E-state index contributed by atoms with van der Waals surface area (Å²) in [6.45, 7) is 4.65. The SMILES string of the molecule is Cc1ccc(N2C(=O)C(c3cccs3)=C(N3CCc4ccccc43)C2=O)c(C)c1. The van der Waals surface area contributed by atoms with Gasteiger partial charge in [-0.25, -0.2) is 4.90 Å². The Morgan fingerprint density at radius 1 is 0.897 bits per heavy atom. The van der Waals surface area contributed by atoms with E-state index in [2.05, 4.69) is 6.07 Å². The summed E-state index contributed by atoms with van der Waals surface area (Å²) >= 11 is 1.49. The molecule has 0 atom stereocenters. The molecule has 29 heavy (non-hydrogen) atoms. The molecule has 0 spiro atoms. The van der Waals surface area contributed by atoms with Crippen molar-refractivity contribution in [1.29, 1.82) is 0 Å². The fraction of sp³-hybridized carbons (Fsp3) is 0.167. The zero-order valence-electron chi connectivity index (χ0n) is 16.3. The molecule has 3 aromatic rings. The summed E-state index contributed by atoms with van der Waals surface area (Å²) in [7, 11) is 0. The second kappa shape index (κ2) is 6.71. The highest BCUT2D eigenvalue weighted by Crippen LogP contribution is 2.41. The van der Waals surface area contributed by atoms with Crippen LogP contribution in [0.5, 0.6) is 0 Å². The molecule has 0 aliphatic carbocycles. The topological polar surface area (TPSA) is 40.6 Å². The molecule has 5 heteroatoms. The molecule has 3 heterocycles. The smallest absolute Gasteiger partial charge is 0.282 e. The minimum atomic E-state index is -0.248. The molecule has 0 bridgehead atoms. The number of benzene rings is 2. The highest BCUT2D eigenvalue weighted by Gasteiger charge is 2.44. The minimum absolute atomic E-state index is 0.246. The van der Waals surface area contributed by atoms with E-state index in [1.807, 2.05) is 72.7 Å². The Morgan fingerprint density at radius 2 is 1.72 bits per heavy atom. The van der Waals surface area contributed by atoms with E-state index < -0.39 is 0 Å². The lowest BCUT2D eigenvalue weighted by molar-refractivity contribution is -0.120. The van der Waals surface area contributed by atoms with Crippen LogP contribution in [0.3, 0.4) is 0 Å². The van der Waals surface area contributed by atoms with Crippen molar-refractivity contribution in [2.45, 2.75) is 20.3 Å². The fourth-order valence-electron chi connectivity index (χ4n) is 4.26. The van der Waals surface area contributed by atoms with E-state index in [-0.39, 0.29) is 11.8 Å². The fourth-order valence-corrected chi connectivity index (χ4v) is 5.02. The standard InChI is InChI=1S/C24H20N2O2S/c1-15-9-10-18(16(2)14-15)26-23(27)21(20-8-5-13-29-20)22(24(26)28)25-12-11-17-6-3-4-7-19(17)25/h3-10,13-14H,11-12H2,1-2H3. The lowest BCUT2D eigenvalue weighted by Crippen LogP contribution is -2.35. The first-order valence-electron chi connectivity index (χ1n) is 9.66. The van der Waals surface area contributed by atoms with Crippen LogP contribution in [0, 0.1) is 13.8 Å². The van der Waals surface area contributed by atoms with Crippen LogP contribution in [0.15, 0.2) is 65.7 Å². The summed E-state index contributed by atoms with van der Waals surface area (Å²) in [4.78, 5) is 31.4. The molecule has 4 nitrogen and oxygen atoms in total. The van der Waals surface area contributed by atoms with Gasteiger partial charge in [0.2, 0.25) is 0 Å². The lowest BCUT2D eigenvalue weighted by atomic mass is 10.1. The molecule has 144 valence electrons. The molecule has 0 fully saturated rings. The molecule has 0 N–H and O–H groups in total. The number of carbonyl (C=O) groups is 2. The third-order valence-corrected chi connectivity index (χ3v) is 6.46. The van der Waals surface area contributed by atoms with Crippen molar-refractivity contribution in [3.63, 3.8) is 0 Å². The molecule has 5 rings (SSSR count). The largest absolute Gasteiger partial charge is 0.336 e. The zero-order chi connectivity index (χ0) is 20.1. The first-order valence-corrected chi connectivity index (χ1v) is 10.5. The van der Waals surface area contributed by atoms with Crippen LogP contribution in [0.4, 0.5) is 11.4 Å². The van der Waals surface area contributed by atoms with E-state index in [1.54, 1.807) is 0 Å². The highest BCUT2D eigenvalue weighted by molar-refractivity contribution is 7.11. The van der Waals surface area contributed by atoms with Crippen molar-refractivity contribution >= 4 is 40.1 Å². The average Bonchev–Trinajstić information content (AvgIpc) is 3.41. The van der Waals surface area contributed by atoms with Gasteiger partial charge in [-0.2, -0.15) is 0 Å². The van der Waals surface area contributed by atoms with Crippen LogP contribution in [0.2, 0.25) is 0 Å². The minimum Gasteiger partial charge on any atom is -0.336 e. The summed E-state index contributed by atoms with van der Waals surface area (Å²) in [5, 5.41) is 1.94. The zero-order valence-corrected chi connectivity index (χ0v) is 17.1. The number of rotatable bonds is 3. The molecular weight excluding hydrogens is 380 g/mol. The summed E-state index contributed by atoms with van der Waals surface area (Å²) in [6.07, 6.45) is 0.864. The van der Waals surface area contributed by atoms with Crippen molar-refractivity contribution in [3.05, 3.63) is 87.2 Å². The Bertz CT molecular complexity index is 1180. The number of aryl methyl sites for hydroxylation is 2. The number of thiophene rings is 1.